The molecule has 0 spiro atoms. The molecule has 1 aliphatic heterocycles. The Kier molecular flexibility index (Phi) is 4.32. The first kappa shape index (κ1) is 14.8. The van der Waals surface area contributed by atoms with Crippen LogP contribution in [-0.2, 0) is 6.18 Å². The summed E-state index contributed by atoms with van der Waals surface area (Å²) < 4.78 is 38.3. The highest BCUT2D eigenvalue weighted by atomic mass is 19.4. The first-order valence-electron chi connectivity index (χ1n) is 6.44. The van der Waals surface area contributed by atoms with Gasteiger partial charge in [-0.2, -0.15) is 13.2 Å². The largest absolute Gasteiger partial charge is 0.451 e. The van der Waals surface area contributed by atoms with Crippen molar-refractivity contribution in [1.29, 1.82) is 0 Å². The Morgan fingerprint density at radius 3 is 2.50 bits per heavy atom. The zero-order valence-electron chi connectivity index (χ0n) is 11.1. The number of aliphatic hydroxyl groups is 1. The number of hydrogen-bond donors (Lipinski definition) is 2. The first-order valence-corrected chi connectivity index (χ1v) is 6.44. The lowest BCUT2D eigenvalue weighted by molar-refractivity contribution is -0.144. The lowest BCUT2D eigenvalue weighted by Gasteiger charge is -2.32. The Balaban J connectivity index is 2.23. The molecule has 112 valence electrons. The monoisotopic (exact) mass is 290 g/mol. The summed E-state index contributed by atoms with van der Waals surface area (Å²) in [7, 11) is 1.52. The van der Waals surface area contributed by atoms with E-state index in [9.17, 15) is 13.2 Å². The maximum Gasteiger partial charge on any atom is 0.451 e. The van der Waals surface area contributed by atoms with Gasteiger partial charge in [0.15, 0.2) is 0 Å². The fraction of sp³-hybridized carbons (Fsp3) is 0.667. The second-order valence-corrected chi connectivity index (χ2v) is 4.80. The van der Waals surface area contributed by atoms with Gasteiger partial charge in [-0.05, 0) is 18.8 Å². The number of aliphatic hydroxyl groups excluding tert-OH is 1. The van der Waals surface area contributed by atoms with Crippen LogP contribution in [0.3, 0.4) is 0 Å². The van der Waals surface area contributed by atoms with Gasteiger partial charge in [-0.25, -0.2) is 9.97 Å². The van der Waals surface area contributed by atoms with Crippen LogP contribution in [0.4, 0.5) is 24.8 Å². The van der Waals surface area contributed by atoms with E-state index >= 15 is 0 Å². The molecule has 2 N–H and O–H groups in total. The van der Waals surface area contributed by atoms with E-state index in [2.05, 4.69) is 15.3 Å². The van der Waals surface area contributed by atoms with Crippen molar-refractivity contribution in [2.45, 2.75) is 19.0 Å². The molecule has 0 aromatic carbocycles. The molecule has 1 aromatic rings. The quantitative estimate of drug-likeness (QED) is 0.888. The molecule has 1 saturated heterocycles. The van der Waals surface area contributed by atoms with Gasteiger partial charge in [0.1, 0.15) is 11.6 Å². The molecular weight excluding hydrogens is 273 g/mol. The summed E-state index contributed by atoms with van der Waals surface area (Å²) in [5.41, 5.74) is 0. The predicted octanol–water partition coefficient (Wildman–Crippen LogP) is 1.75. The number of hydrogen-bond acceptors (Lipinski definition) is 5. The zero-order chi connectivity index (χ0) is 14.8. The number of nitrogens with zero attached hydrogens (tertiary/aromatic N) is 3. The van der Waals surface area contributed by atoms with Gasteiger partial charge in [0.05, 0.1) is 0 Å². The average molecular weight is 290 g/mol. The number of piperidine rings is 1. The standard InChI is InChI=1S/C12H17F3N4O/c1-16-9-6-10(18-11(17-9)12(13,14)15)19-4-2-8(7-20)3-5-19/h6,8,20H,2-5,7H2,1H3,(H,16,17,18). The van der Waals surface area contributed by atoms with Gasteiger partial charge in [-0.1, -0.05) is 0 Å². The molecule has 0 aliphatic carbocycles. The van der Waals surface area contributed by atoms with Crippen LogP contribution in [0.1, 0.15) is 18.7 Å². The third-order valence-corrected chi connectivity index (χ3v) is 3.42. The lowest BCUT2D eigenvalue weighted by Crippen LogP contribution is -2.35. The number of rotatable bonds is 3. The van der Waals surface area contributed by atoms with Crippen molar-refractivity contribution >= 4 is 11.6 Å². The van der Waals surface area contributed by atoms with E-state index in [4.69, 9.17) is 5.11 Å². The van der Waals surface area contributed by atoms with E-state index < -0.39 is 12.0 Å². The van der Waals surface area contributed by atoms with E-state index in [0.29, 0.717) is 13.1 Å². The van der Waals surface area contributed by atoms with Crippen LogP contribution < -0.4 is 10.2 Å². The summed E-state index contributed by atoms with van der Waals surface area (Å²) in [5, 5.41) is 11.7. The number of anilines is 2. The Hall–Kier alpha value is -1.57. The van der Waals surface area contributed by atoms with Crippen LogP contribution in [0, 0.1) is 5.92 Å². The van der Waals surface area contributed by atoms with E-state index in [1.807, 2.05) is 0 Å². The highest BCUT2D eigenvalue weighted by Gasteiger charge is 2.36. The molecule has 0 saturated carbocycles. The SMILES string of the molecule is CNc1cc(N2CCC(CO)CC2)nc(C(F)(F)F)n1. The Labute approximate surface area is 114 Å². The minimum absolute atomic E-state index is 0.118. The van der Waals surface area contributed by atoms with E-state index in [0.717, 1.165) is 12.8 Å². The summed E-state index contributed by atoms with van der Waals surface area (Å²) in [6.45, 7) is 1.29. The van der Waals surface area contributed by atoms with E-state index in [1.54, 1.807) is 4.90 Å². The van der Waals surface area contributed by atoms with Crippen molar-refractivity contribution in [3.8, 4) is 0 Å². The van der Waals surface area contributed by atoms with Gasteiger partial charge in [0.2, 0.25) is 5.82 Å². The van der Waals surface area contributed by atoms with Crippen molar-refractivity contribution in [3.05, 3.63) is 11.9 Å². The highest BCUT2D eigenvalue weighted by molar-refractivity contribution is 5.49. The third kappa shape index (κ3) is 3.30. The first-order chi connectivity index (χ1) is 9.44. The molecule has 1 aliphatic rings. The molecule has 0 unspecified atom stereocenters. The van der Waals surface area contributed by atoms with Gasteiger partial charge in [0.25, 0.3) is 0 Å². The zero-order valence-corrected chi connectivity index (χ0v) is 11.1. The maximum absolute atomic E-state index is 12.8. The molecule has 0 atom stereocenters. The second-order valence-electron chi connectivity index (χ2n) is 4.80. The molecule has 2 heterocycles. The van der Waals surface area contributed by atoms with Gasteiger partial charge >= 0.3 is 6.18 Å². The fourth-order valence-corrected chi connectivity index (χ4v) is 2.20. The Bertz CT molecular complexity index is 459. The fourth-order valence-electron chi connectivity index (χ4n) is 2.20. The highest BCUT2D eigenvalue weighted by Crippen LogP contribution is 2.30. The number of nitrogens with one attached hydrogen (secondary N) is 1. The van der Waals surface area contributed by atoms with E-state index in [-0.39, 0.29) is 24.2 Å². The average Bonchev–Trinajstić information content (AvgIpc) is 2.46. The van der Waals surface area contributed by atoms with Crippen LogP contribution in [-0.4, -0.2) is 41.8 Å². The molecule has 20 heavy (non-hydrogen) atoms. The summed E-state index contributed by atoms with van der Waals surface area (Å²) in [4.78, 5) is 8.85. The van der Waals surface area contributed by atoms with Crippen LogP contribution in [0.5, 0.6) is 0 Å². The lowest BCUT2D eigenvalue weighted by atomic mass is 9.98. The van der Waals surface area contributed by atoms with Crippen LogP contribution in [0.25, 0.3) is 0 Å². The minimum Gasteiger partial charge on any atom is -0.396 e. The molecule has 0 bridgehead atoms. The van der Waals surface area contributed by atoms with Crippen LogP contribution >= 0.6 is 0 Å². The summed E-state index contributed by atoms with van der Waals surface area (Å²) in [5.74, 6) is -0.498. The molecule has 8 heteroatoms. The Morgan fingerprint density at radius 1 is 1.35 bits per heavy atom. The summed E-state index contributed by atoms with van der Waals surface area (Å²) in [6, 6.07) is 1.51. The molecule has 0 amide bonds. The molecular formula is C12H17F3N4O. The second kappa shape index (κ2) is 5.82. The Morgan fingerprint density at radius 2 is 2.00 bits per heavy atom. The number of aromatic nitrogens is 2. The molecule has 5 nitrogen and oxygen atoms in total. The molecule has 0 radical (unpaired) electrons. The van der Waals surface area contributed by atoms with Crippen molar-refractivity contribution in [1.82, 2.24) is 9.97 Å². The van der Waals surface area contributed by atoms with Crippen molar-refractivity contribution in [3.63, 3.8) is 0 Å². The van der Waals surface area contributed by atoms with Crippen molar-refractivity contribution in [2.24, 2.45) is 5.92 Å². The van der Waals surface area contributed by atoms with E-state index in [1.165, 1.54) is 13.1 Å². The van der Waals surface area contributed by atoms with Crippen LogP contribution in [0.15, 0.2) is 6.07 Å². The van der Waals surface area contributed by atoms with Gasteiger partial charge in [0, 0.05) is 32.8 Å². The van der Waals surface area contributed by atoms with Gasteiger partial charge in [-0.3, -0.25) is 0 Å². The van der Waals surface area contributed by atoms with Crippen LogP contribution in [0.2, 0.25) is 0 Å². The minimum atomic E-state index is -4.56. The van der Waals surface area contributed by atoms with Gasteiger partial charge in [-0.15, -0.1) is 0 Å². The maximum atomic E-state index is 12.8. The topological polar surface area (TPSA) is 61.3 Å². The predicted molar refractivity (Wildman–Crippen MR) is 68.6 cm³/mol. The van der Waals surface area contributed by atoms with Gasteiger partial charge < -0.3 is 15.3 Å². The smallest absolute Gasteiger partial charge is 0.396 e. The molecule has 1 aromatic heterocycles. The number of alkyl halides is 3. The van der Waals surface area contributed by atoms with Crippen molar-refractivity contribution in [2.75, 3.05) is 37.0 Å². The van der Waals surface area contributed by atoms with Crippen molar-refractivity contribution < 1.29 is 18.3 Å². The summed E-state index contributed by atoms with van der Waals surface area (Å²) >= 11 is 0. The number of halogens is 3. The normalized spacial score (nSPS) is 17.4. The third-order valence-electron chi connectivity index (χ3n) is 3.42. The molecule has 2 rings (SSSR count). The summed E-state index contributed by atoms with van der Waals surface area (Å²) in [6.07, 6.45) is -3.07. The molecule has 1 fully saturated rings.